The Bertz CT molecular complexity index is 1310. The molecule has 0 bridgehead atoms. The number of amides is 1. The summed E-state index contributed by atoms with van der Waals surface area (Å²) in [5, 5.41) is 1.60. The van der Waals surface area contributed by atoms with Gasteiger partial charge in [0.2, 0.25) is 0 Å². The second-order valence-corrected chi connectivity index (χ2v) is 9.69. The number of halogens is 2. The molecule has 10 heteroatoms. The van der Waals surface area contributed by atoms with Crippen LogP contribution >= 0.6 is 22.9 Å². The molecule has 0 unspecified atom stereocenters. The van der Waals surface area contributed by atoms with Crippen LogP contribution in [0.15, 0.2) is 54.9 Å². The molecule has 0 saturated carbocycles. The van der Waals surface area contributed by atoms with Gasteiger partial charge in [0, 0.05) is 37.6 Å². The highest BCUT2D eigenvalue weighted by atomic mass is 35.5. The fraction of sp³-hybridized carbons (Fsp3) is 0.280. The number of benzene rings is 2. The quantitative estimate of drug-likeness (QED) is 0.366. The van der Waals surface area contributed by atoms with E-state index in [9.17, 15) is 9.18 Å². The van der Waals surface area contributed by atoms with E-state index >= 15 is 0 Å². The normalized spacial score (nSPS) is 13.9. The highest BCUT2D eigenvalue weighted by Crippen LogP contribution is 2.28. The molecule has 5 rings (SSSR count). The number of carbonyl (C=O) groups is 1. The van der Waals surface area contributed by atoms with Crippen LogP contribution in [-0.2, 0) is 17.6 Å². The molecule has 2 aromatic heterocycles. The van der Waals surface area contributed by atoms with Crippen molar-refractivity contribution < 1.29 is 13.9 Å². The molecule has 1 aliphatic heterocycles. The summed E-state index contributed by atoms with van der Waals surface area (Å²) in [7, 11) is 0. The largest absolute Gasteiger partial charge is 0.484 e. The third-order valence-electron chi connectivity index (χ3n) is 5.87. The van der Waals surface area contributed by atoms with Crippen LogP contribution in [0.25, 0.3) is 10.3 Å². The Morgan fingerprint density at radius 1 is 1.00 bits per heavy atom. The summed E-state index contributed by atoms with van der Waals surface area (Å²) in [6, 6.07) is 13.5. The van der Waals surface area contributed by atoms with Gasteiger partial charge in [-0.1, -0.05) is 35.1 Å². The second-order valence-electron chi connectivity index (χ2n) is 8.20. The first-order valence-corrected chi connectivity index (χ1v) is 12.5. The van der Waals surface area contributed by atoms with E-state index in [2.05, 4.69) is 14.9 Å². The van der Waals surface area contributed by atoms with E-state index in [0.717, 1.165) is 39.6 Å². The zero-order valence-electron chi connectivity index (χ0n) is 18.9. The van der Waals surface area contributed by atoms with Crippen LogP contribution in [0.4, 0.5) is 10.2 Å². The van der Waals surface area contributed by atoms with Crippen molar-refractivity contribution in [3.8, 4) is 5.75 Å². The molecule has 35 heavy (non-hydrogen) atoms. The van der Waals surface area contributed by atoms with Gasteiger partial charge in [-0.05, 0) is 48.4 Å². The van der Waals surface area contributed by atoms with Crippen LogP contribution in [0, 0.1) is 5.82 Å². The van der Waals surface area contributed by atoms with Gasteiger partial charge in [-0.3, -0.25) is 4.79 Å². The van der Waals surface area contributed by atoms with Crippen LogP contribution in [0.3, 0.4) is 0 Å². The van der Waals surface area contributed by atoms with E-state index in [1.165, 1.54) is 12.1 Å². The van der Waals surface area contributed by atoms with Gasteiger partial charge < -0.3 is 14.5 Å². The minimum Gasteiger partial charge on any atom is -0.484 e. The number of piperazine rings is 1. The Kier molecular flexibility index (Phi) is 7.06. The number of aromatic nitrogens is 3. The summed E-state index contributed by atoms with van der Waals surface area (Å²) in [6.07, 6.45) is 3.10. The number of ether oxygens (including phenoxy) is 1. The Hall–Kier alpha value is -3.30. The number of carbonyl (C=O) groups excluding carboxylic acids is 1. The monoisotopic (exact) mass is 511 g/mol. The van der Waals surface area contributed by atoms with Crippen LogP contribution in [0.1, 0.15) is 10.6 Å². The number of rotatable bonds is 7. The first-order valence-electron chi connectivity index (χ1n) is 11.3. The summed E-state index contributed by atoms with van der Waals surface area (Å²) in [4.78, 5) is 31.1. The van der Waals surface area contributed by atoms with Gasteiger partial charge in [-0.25, -0.2) is 19.3 Å². The minimum absolute atomic E-state index is 0.0110. The zero-order chi connectivity index (χ0) is 24.2. The molecule has 7 nitrogen and oxygen atoms in total. The van der Waals surface area contributed by atoms with Crippen LogP contribution in [0.2, 0.25) is 5.02 Å². The Balaban J connectivity index is 1.19. The fourth-order valence-electron chi connectivity index (χ4n) is 3.96. The highest BCUT2D eigenvalue weighted by molar-refractivity contribution is 7.18. The van der Waals surface area contributed by atoms with Gasteiger partial charge in [0.25, 0.3) is 5.91 Å². The molecule has 0 spiro atoms. The molecule has 0 aliphatic carbocycles. The third-order valence-corrected chi connectivity index (χ3v) is 7.14. The van der Waals surface area contributed by atoms with Crippen LogP contribution in [0.5, 0.6) is 5.75 Å². The van der Waals surface area contributed by atoms with Crippen molar-refractivity contribution in [1.82, 2.24) is 19.9 Å². The first-order chi connectivity index (χ1) is 17.0. The third kappa shape index (κ3) is 5.68. The van der Waals surface area contributed by atoms with E-state index in [1.54, 1.807) is 59.0 Å². The lowest BCUT2D eigenvalue weighted by Crippen LogP contribution is -2.50. The second kappa shape index (κ2) is 10.5. The molecular weight excluding hydrogens is 489 g/mol. The maximum absolute atomic E-state index is 13.1. The molecule has 2 aromatic carbocycles. The van der Waals surface area contributed by atoms with Crippen molar-refractivity contribution in [2.24, 2.45) is 0 Å². The first kappa shape index (κ1) is 23.4. The van der Waals surface area contributed by atoms with Crippen molar-refractivity contribution >= 4 is 45.0 Å². The number of hydrogen-bond donors (Lipinski definition) is 0. The lowest BCUT2D eigenvalue weighted by molar-refractivity contribution is -0.133. The molecule has 1 amide bonds. The van der Waals surface area contributed by atoms with Gasteiger partial charge in [0.1, 0.15) is 28.2 Å². The van der Waals surface area contributed by atoms with Gasteiger partial charge in [0.15, 0.2) is 12.4 Å². The van der Waals surface area contributed by atoms with Crippen LogP contribution in [-0.4, -0.2) is 58.5 Å². The smallest absolute Gasteiger partial charge is 0.260 e. The SMILES string of the molecule is O=C(COc1ccc(Cl)cc1)N1CCN(c2ncnc3sc(CCc4ccc(F)cc4)nc23)CC1. The Morgan fingerprint density at radius 2 is 1.74 bits per heavy atom. The molecule has 0 atom stereocenters. The molecule has 4 aromatic rings. The average molecular weight is 512 g/mol. The predicted octanol–water partition coefficient (Wildman–Crippen LogP) is 4.39. The van der Waals surface area contributed by atoms with Crippen molar-refractivity contribution in [2.45, 2.75) is 12.8 Å². The predicted molar refractivity (Wildman–Crippen MR) is 135 cm³/mol. The summed E-state index contributed by atoms with van der Waals surface area (Å²) in [5.74, 6) is 1.13. The average Bonchev–Trinajstić information content (AvgIpc) is 3.31. The topological polar surface area (TPSA) is 71.5 Å². The molecule has 0 N–H and O–H groups in total. The number of fused-ring (bicyclic) bond motifs is 1. The number of aryl methyl sites for hydroxylation is 2. The zero-order valence-corrected chi connectivity index (χ0v) is 20.4. The van der Waals surface area contributed by atoms with Gasteiger partial charge in [0.05, 0.1) is 5.01 Å². The van der Waals surface area contributed by atoms with Gasteiger partial charge in [-0.2, -0.15) is 0 Å². The lowest BCUT2D eigenvalue weighted by atomic mass is 10.1. The Morgan fingerprint density at radius 3 is 2.49 bits per heavy atom. The summed E-state index contributed by atoms with van der Waals surface area (Å²) < 4.78 is 18.7. The number of thiazole rings is 1. The van der Waals surface area contributed by atoms with E-state index in [1.807, 2.05) is 0 Å². The fourth-order valence-corrected chi connectivity index (χ4v) is 4.98. The van der Waals surface area contributed by atoms with Gasteiger partial charge >= 0.3 is 0 Å². The maximum atomic E-state index is 13.1. The maximum Gasteiger partial charge on any atom is 0.260 e. The van der Waals surface area contributed by atoms with Crippen LogP contribution < -0.4 is 9.64 Å². The molecule has 1 aliphatic rings. The van der Waals surface area contributed by atoms with Crippen molar-refractivity contribution in [3.05, 3.63) is 76.3 Å². The molecule has 3 heterocycles. The Labute approximate surface area is 211 Å². The van der Waals surface area contributed by atoms with E-state index < -0.39 is 0 Å². The van der Waals surface area contributed by atoms with Crippen molar-refractivity contribution in [1.29, 1.82) is 0 Å². The number of hydrogen-bond acceptors (Lipinski definition) is 7. The molecule has 0 radical (unpaired) electrons. The number of nitrogens with zero attached hydrogens (tertiary/aromatic N) is 5. The van der Waals surface area contributed by atoms with Crippen molar-refractivity contribution in [3.63, 3.8) is 0 Å². The molecule has 1 saturated heterocycles. The standard InChI is InChI=1S/C25H23ClFN5O2S/c26-18-4-8-20(9-5-18)34-15-22(33)31-11-13-32(14-12-31)24-23-25(29-16-28-24)35-21(30-23)10-3-17-1-6-19(27)7-2-17/h1-2,4-9,16H,3,10-15H2. The van der Waals surface area contributed by atoms with Gasteiger partial charge in [-0.15, -0.1) is 0 Å². The van der Waals surface area contributed by atoms with E-state index in [0.29, 0.717) is 37.0 Å². The summed E-state index contributed by atoms with van der Waals surface area (Å²) in [5.41, 5.74) is 1.86. The van der Waals surface area contributed by atoms with Crippen molar-refractivity contribution in [2.75, 3.05) is 37.7 Å². The lowest BCUT2D eigenvalue weighted by Gasteiger charge is -2.35. The minimum atomic E-state index is -0.232. The molecule has 180 valence electrons. The molecule has 1 fully saturated rings. The number of anilines is 1. The van der Waals surface area contributed by atoms with E-state index in [-0.39, 0.29) is 18.3 Å². The highest BCUT2D eigenvalue weighted by Gasteiger charge is 2.24. The summed E-state index contributed by atoms with van der Waals surface area (Å²) >= 11 is 7.44. The van der Waals surface area contributed by atoms with E-state index in [4.69, 9.17) is 21.3 Å². The molecular formula is C25H23ClFN5O2S. The summed E-state index contributed by atoms with van der Waals surface area (Å²) in [6.45, 7) is 2.46.